The van der Waals surface area contributed by atoms with Crippen molar-refractivity contribution in [2.24, 2.45) is 0 Å². The number of hydrogen-bond donors (Lipinski definition) is 2. The Morgan fingerprint density at radius 2 is 1.91 bits per heavy atom. The van der Waals surface area contributed by atoms with Crippen molar-refractivity contribution in [3.05, 3.63) is 22.7 Å². The number of carbonyl (C=O) groups excluding carboxylic acids is 2. The highest BCUT2D eigenvalue weighted by Crippen LogP contribution is 2.36. The Morgan fingerprint density at radius 1 is 1.23 bits per heavy atom. The van der Waals surface area contributed by atoms with Crippen LogP contribution in [0.25, 0.3) is 0 Å². The van der Waals surface area contributed by atoms with Gasteiger partial charge in [-0.1, -0.05) is 18.5 Å². The van der Waals surface area contributed by atoms with Gasteiger partial charge >= 0.3 is 0 Å². The van der Waals surface area contributed by atoms with Crippen molar-refractivity contribution >= 4 is 23.4 Å². The lowest BCUT2D eigenvalue weighted by Crippen LogP contribution is -2.33. The predicted molar refractivity (Wildman–Crippen MR) is 84.8 cm³/mol. The van der Waals surface area contributed by atoms with Crippen LogP contribution >= 0.6 is 11.6 Å². The zero-order chi connectivity index (χ0) is 16.5. The summed E-state index contributed by atoms with van der Waals surface area (Å²) in [5.41, 5.74) is 0.369. The third kappa shape index (κ3) is 5.44. The van der Waals surface area contributed by atoms with Crippen molar-refractivity contribution in [1.82, 2.24) is 10.6 Å². The molecule has 2 N–H and O–H groups in total. The first-order valence-corrected chi connectivity index (χ1v) is 7.40. The molecular weight excluding hydrogens is 308 g/mol. The number of amides is 2. The van der Waals surface area contributed by atoms with Gasteiger partial charge in [-0.25, -0.2) is 0 Å². The molecule has 0 unspecified atom stereocenters. The third-order valence-electron chi connectivity index (χ3n) is 2.73. The van der Waals surface area contributed by atoms with Crippen molar-refractivity contribution in [3.8, 4) is 11.5 Å². The van der Waals surface area contributed by atoms with Gasteiger partial charge in [-0.05, 0) is 18.6 Å². The summed E-state index contributed by atoms with van der Waals surface area (Å²) < 4.78 is 10.8. The number of benzene rings is 1. The summed E-state index contributed by atoms with van der Waals surface area (Å²) in [5, 5.41) is 5.60. The number of halogens is 1. The lowest BCUT2D eigenvalue weighted by molar-refractivity contribution is -0.118. The van der Waals surface area contributed by atoms with E-state index in [9.17, 15) is 9.59 Å². The molecule has 0 saturated carbocycles. The topological polar surface area (TPSA) is 76.7 Å². The van der Waals surface area contributed by atoms with Crippen LogP contribution in [0.4, 0.5) is 0 Å². The highest BCUT2D eigenvalue weighted by Gasteiger charge is 2.15. The Bertz CT molecular complexity index is 535. The molecule has 122 valence electrons. The molecule has 0 fully saturated rings. The summed E-state index contributed by atoms with van der Waals surface area (Å²) in [6, 6.07) is 3.10. The minimum Gasteiger partial charge on any atom is -0.493 e. The van der Waals surface area contributed by atoms with Gasteiger partial charge in [0.05, 0.1) is 18.7 Å². The maximum atomic E-state index is 12.1. The molecule has 7 heteroatoms. The highest BCUT2D eigenvalue weighted by atomic mass is 35.5. The van der Waals surface area contributed by atoms with Gasteiger partial charge in [0.25, 0.3) is 5.91 Å². The van der Waals surface area contributed by atoms with E-state index in [1.165, 1.54) is 20.1 Å². The van der Waals surface area contributed by atoms with Crippen LogP contribution < -0.4 is 20.1 Å². The first-order chi connectivity index (χ1) is 10.5. The minimum atomic E-state index is -0.299. The van der Waals surface area contributed by atoms with Crippen molar-refractivity contribution in [3.63, 3.8) is 0 Å². The Kier molecular flexibility index (Phi) is 7.52. The SMILES string of the molecule is CCCOc1c(Cl)cc(C(=O)NCCNC(C)=O)cc1OC. The zero-order valence-electron chi connectivity index (χ0n) is 13.0. The number of methoxy groups -OCH3 is 1. The lowest BCUT2D eigenvalue weighted by atomic mass is 10.2. The molecule has 0 bridgehead atoms. The van der Waals surface area contributed by atoms with E-state index in [0.29, 0.717) is 41.8 Å². The Balaban J connectivity index is 2.76. The van der Waals surface area contributed by atoms with Gasteiger partial charge < -0.3 is 20.1 Å². The number of ether oxygens (including phenoxy) is 2. The smallest absolute Gasteiger partial charge is 0.251 e. The van der Waals surface area contributed by atoms with E-state index in [1.54, 1.807) is 6.07 Å². The quantitative estimate of drug-likeness (QED) is 0.716. The van der Waals surface area contributed by atoms with E-state index in [-0.39, 0.29) is 11.8 Å². The third-order valence-corrected chi connectivity index (χ3v) is 3.01. The molecule has 0 saturated heterocycles. The van der Waals surface area contributed by atoms with Crippen LogP contribution in [-0.2, 0) is 4.79 Å². The van der Waals surface area contributed by atoms with Gasteiger partial charge in [-0.2, -0.15) is 0 Å². The first kappa shape index (κ1) is 18.1. The molecule has 0 aliphatic heterocycles. The van der Waals surface area contributed by atoms with Gasteiger partial charge in [-0.15, -0.1) is 0 Å². The summed E-state index contributed by atoms with van der Waals surface area (Å²) in [5.74, 6) is 0.401. The van der Waals surface area contributed by atoms with Crippen LogP contribution in [0.2, 0.25) is 5.02 Å². The molecule has 6 nitrogen and oxygen atoms in total. The molecule has 0 aliphatic carbocycles. The van der Waals surface area contributed by atoms with Crippen molar-refractivity contribution in [2.75, 3.05) is 26.8 Å². The first-order valence-electron chi connectivity index (χ1n) is 7.02. The second-order valence-electron chi connectivity index (χ2n) is 4.58. The lowest BCUT2D eigenvalue weighted by Gasteiger charge is -2.14. The molecule has 1 aromatic rings. The number of carbonyl (C=O) groups is 2. The maximum absolute atomic E-state index is 12.1. The molecule has 1 aromatic carbocycles. The summed E-state index contributed by atoms with van der Waals surface area (Å²) >= 11 is 6.15. The van der Waals surface area contributed by atoms with Crippen LogP contribution in [0.5, 0.6) is 11.5 Å². The van der Waals surface area contributed by atoms with E-state index in [2.05, 4.69) is 10.6 Å². The van der Waals surface area contributed by atoms with Gasteiger partial charge in [0.2, 0.25) is 5.91 Å². The predicted octanol–water partition coefficient (Wildman–Crippen LogP) is 2.00. The fraction of sp³-hybridized carbons (Fsp3) is 0.467. The van der Waals surface area contributed by atoms with Gasteiger partial charge in [0.15, 0.2) is 11.5 Å². The van der Waals surface area contributed by atoms with Crippen LogP contribution in [0.3, 0.4) is 0 Å². The van der Waals surface area contributed by atoms with Gasteiger partial charge in [-0.3, -0.25) is 9.59 Å². The maximum Gasteiger partial charge on any atom is 0.251 e. The second kappa shape index (κ2) is 9.15. The molecule has 2 amide bonds. The molecular formula is C15H21ClN2O4. The van der Waals surface area contributed by atoms with Gasteiger partial charge in [0, 0.05) is 25.6 Å². The zero-order valence-corrected chi connectivity index (χ0v) is 13.8. The van der Waals surface area contributed by atoms with Crippen LogP contribution in [-0.4, -0.2) is 38.6 Å². The van der Waals surface area contributed by atoms with Crippen molar-refractivity contribution < 1.29 is 19.1 Å². The summed E-state index contributed by atoms with van der Waals surface area (Å²) in [7, 11) is 1.49. The average molecular weight is 329 g/mol. The average Bonchev–Trinajstić information content (AvgIpc) is 2.49. The van der Waals surface area contributed by atoms with Gasteiger partial charge in [0.1, 0.15) is 0 Å². The van der Waals surface area contributed by atoms with Crippen molar-refractivity contribution in [1.29, 1.82) is 0 Å². The monoisotopic (exact) mass is 328 g/mol. The molecule has 1 rings (SSSR count). The molecule has 0 radical (unpaired) electrons. The molecule has 0 aliphatic rings. The molecule has 0 atom stereocenters. The number of rotatable bonds is 8. The molecule has 0 aromatic heterocycles. The number of nitrogens with one attached hydrogen (secondary N) is 2. The molecule has 0 heterocycles. The second-order valence-corrected chi connectivity index (χ2v) is 4.98. The fourth-order valence-corrected chi connectivity index (χ4v) is 1.98. The Morgan fingerprint density at radius 3 is 2.50 bits per heavy atom. The van der Waals surface area contributed by atoms with E-state index in [1.807, 2.05) is 6.92 Å². The fourth-order valence-electron chi connectivity index (χ4n) is 1.71. The number of hydrogen-bond acceptors (Lipinski definition) is 4. The van der Waals surface area contributed by atoms with Crippen LogP contribution in [0.1, 0.15) is 30.6 Å². The summed E-state index contributed by atoms with van der Waals surface area (Å²) in [6.45, 7) is 4.60. The van der Waals surface area contributed by atoms with Crippen LogP contribution in [0, 0.1) is 0 Å². The Hall–Kier alpha value is -1.95. The molecule has 0 spiro atoms. The summed E-state index contributed by atoms with van der Waals surface area (Å²) in [4.78, 5) is 22.8. The van der Waals surface area contributed by atoms with E-state index < -0.39 is 0 Å². The van der Waals surface area contributed by atoms with Crippen molar-refractivity contribution in [2.45, 2.75) is 20.3 Å². The largest absolute Gasteiger partial charge is 0.493 e. The molecule has 22 heavy (non-hydrogen) atoms. The van der Waals surface area contributed by atoms with E-state index >= 15 is 0 Å². The van der Waals surface area contributed by atoms with Crippen LogP contribution in [0.15, 0.2) is 12.1 Å². The normalized spacial score (nSPS) is 10.0. The van der Waals surface area contributed by atoms with E-state index in [4.69, 9.17) is 21.1 Å². The van der Waals surface area contributed by atoms with E-state index in [0.717, 1.165) is 6.42 Å². The minimum absolute atomic E-state index is 0.142. The standard InChI is InChI=1S/C15H21ClN2O4/c1-4-7-22-14-12(16)8-11(9-13(14)21-3)15(20)18-6-5-17-10(2)19/h8-9H,4-7H2,1-3H3,(H,17,19)(H,18,20). The Labute approximate surface area is 135 Å². The highest BCUT2D eigenvalue weighted by molar-refractivity contribution is 6.32. The summed E-state index contributed by atoms with van der Waals surface area (Å²) in [6.07, 6.45) is 0.838.